The van der Waals surface area contributed by atoms with Crippen molar-refractivity contribution in [2.75, 3.05) is 6.54 Å². The normalized spacial score (nSPS) is 27.9. The van der Waals surface area contributed by atoms with Gasteiger partial charge in [0.25, 0.3) is 0 Å². The molecule has 0 amide bonds. The summed E-state index contributed by atoms with van der Waals surface area (Å²) in [5.41, 5.74) is 0.442. The SMILES string of the molecule is CC.CCC(C1NCCCC1C)C(C)(C)C. The molecule has 1 aliphatic rings. The van der Waals surface area contributed by atoms with Gasteiger partial charge >= 0.3 is 0 Å². The Hall–Kier alpha value is -0.0400. The lowest BCUT2D eigenvalue weighted by Gasteiger charge is -2.42. The maximum atomic E-state index is 3.73. The quantitative estimate of drug-likeness (QED) is 0.734. The van der Waals surface area contributed by atoms with Crippen molar-refractivity contribution >= 4 is 0 Å². The Kier molecular flexibility index (Phi) is 7.30. The van der Waals surface area contributed by atoms with Crippen LogP contribution in [-0.4, -0.2) is 12.6 Å². The minimum absolute atomic E-state index is 0.442. The summed E-state index contributed by atoms with van der Waals surface area (Å²) in [5, 5.41) is 3.73. The van der Waals surface area contributed by atoms with Crippen LogP contribution in [0.15, 0.2) is 0 Å². The van der Waals surface area contributed by atoms with E-state index in [0.29, 0.717) is 5.41 Å². The molecular weight excluding hydrogens is 194 g/mol. The van der Waals surface area contributed by atoms with Gasteiger partial charge in [-0.3, -0.25) is 0 Å². The molecule has 0 aromatic rings. The van der Waals surface area contributed by atoms with Crippen LogP contribution in [0.2, 0.25) is 0 Å². The summed E-state index contributed by atoms with van der Waals surface area (Å²) < 4.78 is 0. The summed E-state index contributed by atoms with van der Waals surface area (Å²) in [4.78, 5) is 0. The Morgan fingerprint density at radius 1 is 1.25 bits per heavy atom. The molecule has 0 saturated carbocycles. The Bertz CT molecular complexity index is 169. The molecule has 0 bridgehead atoms. The van der Waals surface area contributed by atoms with Crippen LogP contribution in [0.4, 0.5) is 0 Å². The summed E-state index contributed by atoms with van der Waals surface area (Å²) >= 11 is 0. The molecule has 0 aromatic carbocycles. The third kappa shape index (κ3) is 4.45. The van der Waals surface area contributed by atoms with Crippen LogP contribution in [0.1, 0.15) is 67.7 Å². The van der Waals surface area contributed by atoms with Gasteiger partial charge in [0.15, 0.2) is 0 Å². The molecule has 1 rings (SSSR count). The van der Waals surface area contributed by atoms with Crippen LogP contribution >= 0.6 is 0 Å². The van der Waals surface area contributed by atoms with Crippen molar-refractivity contribution in [3.8, 4) is 0 Å². The summed E-state index contributed by atoms with van der Waals surface area (Å²) in [6.45, 7) is 17.1. The molecule has 1 N–H and O–H groups in total. The van der Waals surface area contributed by atoms with Crippen molar-refractivity contribution in [3.05, 3.63) is 0 Å². The lowest BCUT2D eigenvalue weighted by Crippen LogP contribution is -2.49. The molecule has 1 heteroatoms. The second-order valence-electron chi connectivity index (χ2n) is 5.98. The smallest absolute Gasteiger partial charge is 0.0126 e. The van der Waals surface area contributed by atoms with E-state index in [4.69, 9.17) is 0 Å². The lowest BCUT2D eigenvalue weighted by atomic mass is 9.70. The molecule has 0 radical (unpaired) electrons. The highest BCUT2D eigenvalue weighted by Gasteiger charge is 2.34. The highest BCUT2D eigenvalue weighted by molar-refractivity contribution is 4.89. The number of hydrogen-bond acceptors (Lipinski definition) is 1. The first-order valence-corrected chi connectivity index (χ1v) is 7.20. The van der Waals surface area contributed by atoms with Crippen LogP contribution in [0.3, 0.4) is 0 Å². The maximum Gasteiger partial charge on any atom is 0.0126 e. The minimum atomic E-state index is 0.442. The van der Waals surface area contributed by atoms with E-state index in [1.165, 1.54) is 25.8 Å². The van der Waals surface area contributed by atoms with E-state index in [9.17, 15) is 0 Å². The Morgan fingerprint density at radius 3 is 2.19 bits per heavy atom. The molecule has 3 unspecified atom stereocenters. The largest absolute Gasteiger partial charge is 0.313 e. The van der Waals surface area contributed by atoms with E-state index in [0.717, 1.165) is 17.9 Å². The Labute approximate surface area is 103 Å². The van der Waals surface area contributed by atoms with E-state index >= 15 is 0 Å². The second-order valence-corrected chi connectivity index (χ2v) is 5.98. The summed E-state index contributed by atoms with van der Waals surface area (Å²) in [6.07, 6.45) is 4.06. The molecule has 1 heterocycles. The maximum absolute atomic E-state index is 3.73. The van der Waals surface area contributed by atoms with Crippen molar-refractivity contribution < 1.29 is 0 Å². The monoisotopic (exact) mass is 227 g/mol. The van der Waals surface area contributed by atoms with Gasteiger partial charge in [-0.15, -0.1) is 0 Å². The van der Waals surface area contributed by atoms with Gasteiger partial charge in [-0.05, 0) is 36.6 Å². The van der Waals surface area contributed by atoms with Crippen LogP contribution in [0.25, 0.3) is 0 Å². The number of hydrogen-bond donors (Lipinski definition) is 1. The average Bonchev–Trinajstić information content (AvgIpc) is 2.23. The zero-order valence-corrected chi connectivity index (χ0v) is 12.6. The number of nitrogens with one attached hydrogen (secondary N) is 1. The second kappa shape index (κ2) is 7.32. The average molecular weight is 227 g/mol. The van der Waals surface area contributed by atoms with Gasteiger partial charge < -0.3 is 5.32 Å². The molecule has 1 aliphatic heterocycles. The van der Waals surface area contributed by atoms with Gasteiger partial charge in [-0.25, -0.2) is 0 Å². The van der Waals surface area contributed by atoms with Crippen molar-refractivity contribution in [3.63, 3.8) is 0 Å². The molecule has 0 spiro atoms. The molecule has 3 atom stereocenters. The first-order valence-electron chi connectivity index (χ1n) is 7.20. The topological polar surface area (TPSA) is 12.0 Å². The van der Waals surface area contributed by atoms with Gasteiger partial charge in [0.2, 0.25) is 0 Å². The van der Waals surface area contributed by atoms with Crippen molar-refractivity contribution in [1.82, 2.24) is 5.32 Å². The summed E-state index contributed by atoms with van der Waals surface area (Å²) in [6, 6.07) is 0.744. The molecule has 1 nitrogen and oxygen atoms in total. The summed E-state index contributed by atoms with van der Waals surface area (Å²) in [5.74, 6) is 1.67. The first-order chi connectivity index (χ1) is 7.46. The van der Waals surface area contributed by atoms with Crippen molar-refractivity contribution in [2.45, 2.75) is 73.8 Å². The zero-order valence-electron chi connectivity index (χ0n) is 12.6. The Balaban J connectivity index is 0.00000106. The fourth-order valence-corrected chi connectivity index (χ4v) is 3.02. The van der Waals surface area contributed by atoms with E-state index in [-0.39, 0.29) is 0 Å². The van der Waals surface area contributed by atoms with Crippen LogP contribution < -0.4 is 5.32 Å². The Morgan fingerprint density at radius 2 is 1.81 bits per heavy atom. The zero-order chi connectivity index (χ0) is 12.8. The van der Waals surface area contributed by atoms with Crippen LogP contribution in [0, 0.1) is 17.3 Å². The third-order valence-electron chi connectivity index (χ3n) is 3.82. The number of rotatable bonds is 2. The standard InChI is InChI=1S/C13H27N.C2H6/c1-6-11(13(3,4)5)12-10(2)8-7-9-14-12;1-2/h10-12,14H,6-9H2,1-5H3;1-2H3. The number of piperidine rings is 1. The minimum Gasteiger partial charge on any atom is -0.313 e. The van der Waals surface area contributed by atoms with Gasteiger partial charge in [0.05, 0.1) is 0 Å². The van der Waals surface area contributed by atoms with Crippen LogP contribution in [-0.2, 0) is 0 Å². The van der Waals surface area contributed by atoms with Gasteiger partial charge in [0.1, 0.15) is 0 Å². The molecule has 1 saturated heterocycles. The van der Waals surface area contributed by atoms with Crippen LogP contribution in [0.5, 0.6) is 0 Å². The molecule has 98 valence electrons. The van der Waals surface area contributed by atoms with Gasteiger partial charge in [0, 0.05) is 6.04 Å². The van der Waals surface area contributed by atoms with E-state index in [1.54, 1.807) is 0 Å². The summed E-state index contributed by atoms with van der Waals surface area (Å²) in [7, 11) is 0. The lowest BCUT2D eigenvalue weighted by molar-refractivity contribution is 0.118. The molecular formula is C15H33N. The van der Waals surface area contributed by atoms with E-state index in [1.807, 2.05) is 13.8 Å². The predicted octanol–water partition coefficient (Wildman–Crippen LogP) is 4.47. The fourth-order valence-electron chi connectivity index (χ4n) is 3.02. The highest BCUT2D eigenvalue weighted by atomic mass is 14.9. The molecule has 0 aromatic heterocycles. The van der Waals surface area contributed by atoms with E-state index in [2.05, 4.69) is 39.9 Å². The third-order valence-corrected chi connectivity index (χ3v) is 3.82. The molecule has 0 aliphatic carbocycles. The molecule has 16 heavy (non-hydrogen) atoms. The van der Waals surface area contributed by atoms with Crippen molar-refractivity contribution in [1.29, 1.82) is 0 Å². The fraction of sp³-hybridized carbons (Fsp3) is 1.00. The highest BCUT2D eigenvalue weighted by Crippen LogP contribution is 2.36. The first kappa shape index (κ1) is 16.0. The van der Waals surface area contributed by atoms with Crippen molar-refractivity contribution in [2.24, 2.45) is 17.3 Å². The van der Waals surface area contributed by atoms with E-state index < -0.39 is 0 Å². The predicted molar refractivity (Wildman–Crippen MR) is 74.8 cm³/mol. The van der Waals surface area contributed by atoms with Gasteiger partial charge in [-0.1, -0.05) is 54.9 Å². The van der Waals surface area contributed by atoms with Gasteiger partial charge in [-0.2, -0.15) is 0 Å². The molecule has 1 fully saturated rings.